The van der Waals surface area contributed by atoms with Crippen molar-refractivity contribution in [3.05, 3.63) is 34.6 Å². The summed E-state index contributed by atoms with van der Waals surface area (Å²) in [6.07, 6.45) is 0. The maximum atomic E-state index is 13.3. The number of rotatable bonds is 3. The fraction of sp³-hybridized carbons (Fsp3) is 0.462. The van der Waals surface area contributed by atoms with Crippen LogP contribution in [0.15, 0.2) is 18.2 Å². The Hall–Kier alpha value is -1.15. The van der Waals surface area contributed by atoms with E-state index >= 15 is 0 Å². The molecule has 0 bridgehead atoms. The van der Waals surface area contributed by atoms with Crippen LogP contribution in [-0.4, -0.2) is 42.5 Å². The molecule has 0 aliphatic carbocycles. The van der Waals surface area contributed by atoms with E-state index in [9.17, 15) is 4.39 Å². The van der Waals surface area contributed by atoms with Gasteiger partial charge in [0.15, 0.2) is 0 Å². The number of hydrogen-bond donors (Lipinski definition) is 0. The summed E-state index contributed by atoms with van der Waals surface area (Å²) >= 11 is 5.94. The van der Waals surface area contributed by atoms with Crippen LogP contribution in [0.2, 0.25) is 5.02 Å². The van der Waals surface area contributed by atoms with E-state index in [1.54, 1.807) is 6.07 Å². The first-order valence-corrected chi connectivity index (χ1v) is 6.33. The summed E-state index contributed by atoms with van der Waals surface area (Å²) in [6.45, 7) is 4.66. The quantitative estimate of drug-likeness (QED) is 0.786. The minimum Gasteiger partial charge on any atom is -0.296 e. The summed E-state index contributed by atoms with van der Waals surface area (Å²) in [7, 11) is 0. The molecular weight excluding hydrogens is 253 g/mol. The largest absolute Gasteiger partial charge is 0.296 e. The van der Waals surface area contributed by atoms with E-state index in [1.807, 2.05) is 6.07 Å². The molecule has 96 valence electrons. The first-order valence-electron chi connectivity index (χ1n) is 5.95. The summed E-state index contributed by atoms with van der Waals surface area (Å²) in [5.74, 6) is -0.364. The predicted octanol–water partition coefficient (Wildman–Crippen LogP) is 2.12. The molecule has 0 radical (unpaired) electrons. The molecule has 0 saturated carbocycles. The third-order valence-electron chi connectivity index (χ3n) is 3.18. The maximum absolute atomic E-state index is 13.3. The smallest absolute Gasteiger partial charge is 0.142 e. The lowest BCUT2D eigenvalue weighted by Gasteiger charge is -2.33. The Morgan fingerprint density at radius 3 is 2.56 bits per heavy atom. The highest BCUT2D eigenvalue weighted by molar-refractivity contribution is 6.31. The number of hydrogen-bond acceptors (Lipinski definition) is 3. The number of benzene rings is 1. The van der Waals surface area contributed by atoms with Crippen LogP contribution in [0.5, 0.6) is 0 Å². The van der Waals surface area contributed by atoms with Gasteiger partial charge in [-0.2, -0.15) is 5.26 Å². The van der Waals surface area contributed by atoms with Crippen molar-refractivity contribution in [1.29, 1.82) is 5.26 Å². The molecule has 1 aliphatic heterocycles. The van der Waals surface area contributed by atoms with Gasteiger partial charge in [-0.1, -0.05) is 23.7 Å². The van der Waals surface area contributed by atoms with E-state index in [4.69, 9.17) is 16.9 Å². The number of nitriles is 1. The van der Waals surface area contributed by atoms with E-state index in [0.29, 0.717) is 13.1 Å². The Balaban J connectivity index is 1.92. The highest BCUT2D eigenvalue weighted by atomic mass is 35.5. The van der Waals surface area contributed by atoms with Crippen LogP contribution in [0, 0.1) is 17.1 Å². The number of nitrogens with zero attached hydrogens (tertiary/aromatic N) is 3. The summed E-state index contributed by atoms with van der Waals surface area (Å²) in [5.41, 5.74) is 0.824. The van der Waals surface area contributed by atoms with E-state index in [1.165, 1.54) is 6.07 Å². The average molecular weight is 268 g/mol. The van der Waals surface area contributed by atoms with Gasteiger partial charge in [0, 0.05) is 32.7 Å². The second kappa shape index (κ2) is 6.14. The fourth-order valence-corrected chi connectivity index (χ4v) is 2.30. The van der Waals surface area contributed by atoms with E-state index in [0.717, 1.165) is 31.7 Å². The van der Waals surface area contributed by atoms with Crippen molar-refractivity contribution < 1.29 is 4.39 Å². The van der Waals surface area contributed by atoms with Crippen molar-refractivity contribution in [1.82, 2.24) is 9.80 Å². The lowest BCUT2D eigenvalue weighted by Crippen LogP contribution is -2.45. The average Bonchev–Trinajstić information content (AvgIpc) is 2.38. The molecule has 0 amide bonds. The molecule has 1 fully saturated rings. The van der Waals surface area contributed by atoms with Crippen molar-refractivity contribution in [3.63, 3.8) is 0 Å². The summed E-state index contributed by atoms with van der Waals surface area (Å²) in [6, 6.07) is 7.06. The first kappa shape index (κ1) is 13.3. The van der Waals surface area contributed by atoms with E-state index < -0.39 is 0 Å². The van der Waals surface area contributed by atoms with Gasteiger partial charge >= 0.3 is 0 Å². The Bertz CT molecular complexity index is 450. The molecule has 0 unspecified atom stereocenters. The molecule has 0 atom stereocenters. The molecule has 0 spiro atoms. The summed E-state index contributed by atoms with van der Waals surface area (Å²) in [4.78, 5) is 4.35. The van der Waals surface area contributed by atoms with Gasteiger partial charge in [-0.05, 0) is 11.6 Å². The van der Waals surface area contributed by atoms with Gasteiger partial charge in [-0.25, -0.2) is 4.39 Å². The highest BCUT2D eigenvalue weighted by Crippen LogP contribution is 2.21. The van der Waals surface area contributed by atoms with Crippen molar-refractivity contribution in [2.75, 3.05) is 32.7 Å². The Morgan fingerprint density at radius 2 is 1.89 bits per heavy atom. The molecule has 1 saturated heterocycles. The summed E-state index contributed by atoms with van der Waals surface area (Å²) < 4.78 is 13.3. The molecule has 1 heterocycles. The zero-order valence-corrected chi connectivity index (χ0v) is 10.8. The monoisotopic (exact) mass is 267 g/mol. The van der Waals surface area contributed by atoms with Gasteiger partial charge in [0.1, 0.15) is 5.82 Å². The lowest BCUT2D eigenvalue weighted by molar-refractivity contribution is 0.138. The van der Waals surface area contributed by atoms with Gasteiger partial charge in [0.05, 0.1) is 17.6 Å². The van der Waals surface area contributed by atoms with Crippen molar-refractivity contribution in [3.8, 4) is 6.07 Å². The number of piperazine rings is 1. The van der Waals surface area contributed by atoms with E-state index in [2.05, 4.69) is 15.9 Å². The van der Waals surface area contributed by atoms with Crippen LogP contribution < -0.4 is 0 Å². The van der Waals surface area contributed by atoms with Crippen LogP contribution in [0.4, 0.5) is 4.39 Å². The predicted molar refractivity (Wildman–Crippen MR) is 68.7 cm³/mol. The van der Waals surface area contributed by atoms with Crippen molar-refractivity contribution in [2.24, 2.45) is 0 Å². The molecule has 18 heavy (non-hydrogen) atoms. The maximum Gasteiger partial charge on any atom is 0.142 e. The third-order valence-corrected chi connectivity index (χ3v) is 3.61. The van der Waals surface area contributed by atoms with Crippen LogP contribution in [0.1, 0.15) is 5.56 Å². The SMILES string of the molecule is N#CCN1CCN(Cc2cccc(F)c2Cl)CC1. The zero-order valence-electron chi connectivity index (χ0n) is 10.1. The minimum atomic E-state index is -0.364. The van der Waals surface area contributed by atoms with Crippen molar-refractivity contribution >= 4 is 11.6 Å². The molecule has 1 aromatic rings. The minimum absolute atomic E-state index is 0.219. The topological polar surface area (TPSA) is 30.3 Å². The second-order valence-corrected chi connectivity index (χ2v) is 4.80. The lowest BCUT2D eigenvalue weighted by atomic mass is 10.2. The molecule has 0 N–H and O–H groups in total. The summed E-state index contributed by atoms with van der Waals surface area (Å²) in [5, 5.41) is 8.84. The Kier molecular flexibility index (Phi) is 4.54. The molecule has 1 aliphatic rings. The van der Waals surface area contributed by atoms with Gasteiger partial charge in [-0.15, -0.1) is 0 Å². The Morgan fingerprint density at radius 1 is 1.22 bits per heavy atom. The van der Waals surface area contributed by atoms with Crippen molar-refractivity contribution in [2.45, 2.75) is 6.54 Å². The van der Waals surface area contributed by atoms with Gasteiger partial charge in [0.2, 0.25) is 0 Å². The normalized spacial score (nSPS) is 17.6. The number of halogens is 2. The second-order valence-electron chi connectivity index (χ2n) is 4.42. The molecular formula is C13H15ClFN3. The van der Waals surface area contributed by atoms with Crippen LogP contribution in [0.25, 0.3) is 0 Å². The molecule has 5 heteroatoms. The van der Waals surface area contributed by atoms with Crippen LogP contribution in [0.3, 0.4) is 0 Å². The highest BCUT2D eigenvalue weighted by Gasteiger charge is 2.17. The van der Waals surface area contributed by atoms with Crippen LogP contribution >= 0.6 is 11.6 Å². The molecule has 2 rings (SSSR count). The molecule has 3 nitrogen and oxygen atoms in total. The first-order chi connectivity index (χ1) is 8.70. The van der Waals surface area contributed by atoms with Gasteiger partial charge in [-0.3, -0.25) is 9.80 Å². The Labute approximate surface area is 111 Å². The fourth-order valence-electron chi connectivity index (χ4n) is 2.12. The van der Waals surface area contributed by atoms with E-state index in [-0.39, 0.29) is 10.8 Å². The van der Waals surface area contributed by atoms with Gasteiger partial charge in [0.25, 0.3) is 0 Å². The molecule has 1 aromatic carbocycles. The zero-order chi connectivity index (χ0) is 13.0. The van der Waals surface area contributed by atoms with Gasteiger partial charge < -0.3 is 0 Å². The van der Waals surface area contributed by atoms with Crippen LogP contribution in [-0.2, 0) is 6.54 Å². The third kappa shape index (κ3) is 3.20. The standard InChI is InChI=1S/C13H15ClFN3/c14-13-11(2-1-3-12(13)15)10-18-8-6-17(5-4-16)7-9-18/h1-3H,5-10H2. The molecule has 0 aromatic heterocycles.